The van der Waals surface area contributed by atoms with Crippen molar-refractivity contribution in [1.29, 1.82) is 0 Å². The van der Waals surface area contributed by atoms with Gasteiger partial charge in [-0.3, -0.25) is 0 Å². The summed E-state index contributed by atoms with van der Waals surface area (Å²) in [6.45, 7) is 4.83. The van der Waals surface area contributed by atoms with Gasteiger partial charge in [-0.2, -0.15) is 0 Å². The third-order valence-electron chi connectivity index (χ3n) is 2.23. The van der Waals surface area contributed by atoms with Crippen LogP contribution in [0, 0.1) is 13.8 Å². The molecule has 0 fully saturated rings. The lowest BCUT2D eigenvalue weighted by molar-refractivity contribution is -0.862. The molecular formula is C12H14NO+. The summed E-state index contributed by atoms with van der Waals surface area (Å²) in [6, 6.07) is 12.4. The summed E-state index contributed by atoms with van der Waals surface area (Å²) >= 11 is 0. The normalized spacial score (nSPS) is 10.4. The van der Waals surface area contributed by atoms with Gasteiger partial charge in [0.15, 0.2) is 5.76 Å². The molecule has 0 spiro atoms. The lowest BCUT2D eigenvalue weighted by Crippen LogP contribution is -2.34. The molecule has 0 saturated carbocycles. The quantitative estimate of drug-likeness (QED) is 0.660. The van der Waals surface area contributed by atoms with Gasteiger partial charge in [0.25, 0.3) is 0 Å². The van der Waals surface area contributed by atoms with Crippen molar-refractivity contribution in [2.24, 2.45) is 0 Å². The lowest BCUT2D eigenvalue weighted by atomic mass is 10.2. The van der Waals surface area contributed by atoms with Crippen molar-refractivity contribution in [3.8, 4) is 0 Å². The smallest absolute Gasteiger partial charge is 0.229 e. The topological polar surface area (TPSA) is 17.0 Å². The van der Waals surface area contributed by atoms with E-state index in [2.05, 4.69) is 19.1 Å². The number of aromatic nitrogens is 1. The molecular weight excluding hydrogens is 174 g/mol. The summed E-state index contributed by atoms with van der Waals surface area (Å²) in [5, 5.41) is 0. The van der Waals surface area contributed by atoms with Crippen LogP contribution in [0.3, 0.4) is 0 Å². The van der Waals surface area contributed by atoms with Crippen LogP contribution in [0.25, 0.3) is 0 Å². The van der Waals surface area contributed by atoms with Crippen LogP contribution in [-0.4, -0.2) is 0 Å². The minimum Gasteiger partial charge on any atom is -0.241 e. The van der Waals surface area contributed by atoms with Gasteiger partial charge in [-0.15, -0.1) is 0 Å². The molecule has 0 amide bonds. The Balaban J connectivity index is 2.23. The minimum absolute atomic E-state index is 0.806. The Bertz CT molecular complexity index is 417. The monoisotopic (exact) mass is 188 g/mol. The van der Waals surface area contributed by atoms with Gasteiger partial charge in [0.2, 0.25) is 12.2 Å². The highest BCUT2D eigenvalue weighted by Gasteiger charge is 2.12. The Morgan fingerprint density at radius 2 is 1.86 bits per heavy atom. The van der Waals surface area contributed by atoms with Crippen LogP contribution in [0.5, 0.6) is 0 Å². The first-order valence-electron chi connectivity index (χ1n) is 4.77. The van der Waals surface area contributed by atoms with Gasteiger partial charge in [-0.1, -0.05) is 30.3 Å². The zero-order chi connectivity index (χ0) is 9.97. The van der Waals surface area contributed by atoms with Crippen molar-refractivity contribution in [1.82, 2.24) is 0 Å². The van der Waals surface area contributed by atoms with Crippen LogP contribution in [0.15, 0.2) is 40.9 Å². The lowest BCUT2D eigenvalue weighted by Gasteiger charge is -1.92. The summed E-state index contributed by atoms with van der Waals surface area (Å²) in [7, 11) is 0. The molecule has 2 rings (SSSR count). The molecule has 0 atom stereocenters. The number of rotatable bonds is 2. The molecule has 0 aliphatic carbocycles. The Morgan fingerprint density at radius 3 is 2.43 bits per heavy atom. The number of hydrogen-bond donors (Lipinski definition) is 0. The van der Waals surface area contributed by atoms with Crippen LogP contribution in [-0.2, 0) is 6.54 Å². The second-order valence-corrected chi connectivity index (χ2v) is 3.51. The van der Waals surface area contributed by atoms with Crippen LogP contribution in [0.1, 0.15) is 17.0 Å². The summed E-state index contributed by atoms with van der Waals surface area (Å²) < 4.78 is 7.44. The highest BCUT2D eigenvalue weighted by molar-refractivity contribution is 5.13. The number of benzene rings is 1. The maximum atomic E-state index is 5.53. The van der Waals surface area contributed by atoms with Gasteiger partial charge in [0.05, 0.1) is 6.07 Å². The molecule has 14 heavy (non-hydrogen) atoms. The van der Waals surface area contributed by atoms with Crippen molar-refractivity contribution in [3.63, 3.8) is 0 Å². The standard InChI is InChI=1S/C12H14NO/c1-10-8-11(2)14-13(10)9-12-6-4-3-5-7-12/h3-8H,9H2,1-2H3/q+1. The second kappa shape index (κ2) is 3.66. The van der Waals surface area contributed by atoms with Crippen molar-refractivity contribution >= 4 is 0 Å². The van der Waals surface area contributed by atoms with Crippen molar-refractivity contribution in [2.45, 2.75) is 20.4 Å². The Morgan fingerprint density at radius 1 is 1.14 bits per heavy atom. The highest BCUT2D eigenvalue weighted by atomic mass is 16.5. The highest BCUT2D eigenvalue weighted by Crippen LogP contribution is 2.02. The van der Waals surface area contributed by atoms with E-state index in [0.29, 0.717) is 0 Å². The molecule has 72 valence electrons. The molecule has 2 heteroatoms. The molecule has 0 N–H and O–H groups in total. The fourth-order valence-corrected chi connectivity index (χ4v) is 1.54. The predicted octanol–water partition coefficient (Wildman–Crippen LogP) is 2.23. The number of nitrogens with zero attached hydrogens (tertiary/aromatic N) is 1. The molecule has 0 radical (unpaired) electrons. The average Bonchev–Trinajstić information content (AvgIpc) is 2.47. The van der Waals surface area contributed by atoms with Gasteiger partial charge in [-0.05, 0) is 4.74 Å². The van der Waals surface area contributed by atoms with E-state index in [0.717, 1.165) is 18.0 Å². The average molecular weight is 188 g/mol. The van der Waals surface area contributed by atoms with E-state index in [1.54, 1.807) is 0 Å². The van der Waals surface area contributed by atoms with Crippen LogP contribution >= 0.6 is 0 Å². The van der Waals surface area contributed by atoms with E-state index in [-0.39, 0.29) is 0 Å². The molecule has 1 aromatic heterocycles. The van der Waals surface area contributed by atoms with Gasteiger partial charge in [0.1, 0.15) is 0 Å². The van der Waals surface area contributed by atoms with Crippen molar-refractivity contribution in [3.05, 3.63) is 53.4 Å². The van der Waals surface area contributed by atoms with Crippen molar-refractivity contribution in [2.75, 3.05) is 0 Å². The van der Waals surface area contributed by atoms with Gasteiger partial charge in [-0.25, -0.2) is 4.52 Å². The van der Waals surface area contributed by atoms with E-state index >= 15 is 0 Å². The third-order valence-corrected chi connectivity index (χ3v) is 2.23. The minimum atomic E-state index is 0.806. The van der Waals surface area contributed by atoms with E-state index in [4.69, 9.17) is 4.52 Å². The second-order valence-electron chi connectivity index (χ2n) is 3.51. The molecule has 0 saturated heterocycles. The van der Waals surface area contributed by atoms with Crippen molar-refractivity contribution < 1.29 is 9.26 Å². The first-order chi connectivity index (χ1) is 6.75. The van der Waals surface area contributed by atoms with E-state index in [1.807, 2.05) is 35.9 Å². The van der Waals surface area contributed by atoms with Gasteiger partial charge >= 0.3 is 0 Å². The molecule has 1 heterocycles. The largest absolute Gasteiger partial charge is 0.241 e. The maximum absolute atomic E-state index is 5.53. The van der Waals surface area contributed by atoms with E-state index in [9.17, 15) is 0 Å². The number of aryl methyl sites for hydroxylation is 2. The SMILES string of the molecule is Cc1cc(C)[n+](Cc2ccccc2)o1. The fraction of sp³-hybridized carbons (Fsp3) is 0.250. The summed E-state index contributed by atoms with van der Waals surface area (Å²) in [6.07, 6.45) is 0. The predicted molar refractivity (Wildman–Crippen MR) is 53.9 cm³/mol. The molecule has 2 aromatic rings. The molecule has 0 aliphatic rings. The van der Waals surface area contributed by atoms with E-state index in [1.165, 1.54) is 5.56 Å². The van der Waals surface area contributed by atoms with E-state index < -0.39 is 0 Å². The summed E-state index contributed by atoms with van der Waals surface area (Å²) in [5.41, 5.74) is 2.42. The molecule has 0 unspecified atom stereocenters. The first kappa shape index (κ1) is 9.00. The Kier molecular flexibility index (Phi) is 2.35. The van der Waals surface area contributed by atoms with Crippen LogP contribution in [0.4, 0.5) is 0 Å². The van der Waals surface area contributed by atoms with Gasteiger partial charge < -0.3 is 0 Å². The molecule has 0 aliphatic heterocycles. The fourth-order valence-electron chi connectivity index (χ4n) is 1.54. The molecule has 1 aromatic carbocycles. The van der Waals surface area contributed by atoms with Crippen LogP contribution in [0.2, 0.25) is 0 Å². The number of hydrogen-bond acceptors (Lipinski definition) is 1. The maximum Gasteiger partial charge on any atom is 0.229 e. The molecule has 2 nitrogen and oxygen atoms in total. The van der Waals surface area contributed by atoms with Crippen LogP contribution < -0.4 is 4.74 Å². The van der Waals surface area contributed by atoms with Gasteiger partial charge in [0, 0.05) is 19.4 Å². The zero-order valence-corrected chi connectivity index (χ0v) is 8.53. The molecule has 0 bridgehead atoms. The summed E-state index contributed by atoms with van der Waals surface area (Å²) in [4.78, 5) is 0. The Hall–Kier alpha value is -1.57. The Labute approximate surface area is 83.8 Å². The first-order valence-corrected chi connectivity index (χ1v) is 4.77. The zero-order valence-electron chi connectivity index (χ0n) is 8.53. The third kappa shape index (κ3) is 1.84. The summed E-state index contributed by atoms with van der Waals surface area (Å²) in [5.74, 6) is 0.957.